The van der Waals surface area contributed by atoms with Gasteiger partial charge in [-0.05, 0) is 43.3 Å². The number of anilines is 1. The second-order valence-electron chi connectivity index (χ2n) is 7.20. The number of rotatable bonds is 7. The molecule has 184 valence electrons. The first-order valence-electron chi connectivity index (χ1n) is 9.84. The van der Waals surface area contributed by atoms with Gasteiger partial charge in [-0.3, -0.25) is 14.5 Å². The average Bonchev–Trinajstić information content (AvgIpc) is 2.81. The van der Waals surface area contributed by atoms with E-state index in [0.29, 0.717) is 6.07 Å². The molecule has 0 radical (unpaired) electrons. The summed E-state index contributed by atoms with van der Waals surface area (Å²) in [5.74, 6) is -1.03. The highest BCUT2D eigenvalue weighted by Crippen LogP contribution is 2.31. The third kappa shape index (κ3) is 6.13. The van der Waals surface area contributed by atoms with Gasteiger partial charge in [-0.15, -0.1) is 0 Å². The fourth-order valence-corrected chi connectivity index (χ4v) is 4.01. The molecule has 1 aromatic heterocycles. The molecular weight excluding hydrogens is 489 g/mol. The van der Waals surface area contributed by atoms with Gasteiger partial charge in [-0.2, -0.15) is 18.3 Å². The molecule has 4 N–H and O–H groups in total. The molecular formula is C22H19F3N4O5S. The first-order valence-corrected chi connectivity index (χ1v) is 11.3. The van der Waals surface area contributed by atoms with E-state index < -0.39 is 34.3 Å². The van der Waals surface area contributed by atoms with Crippen LogP contribution in [-0.4, -0.2) is 35.7 Å². The van der Waals surface area contributed by atoms with Crippen LogP contribution in [0.4, 0.5) is 18.9 Å². The molecule has 1 heterocycles. The van der Waals surface area contributed by atoms with E-state index >= 15 is 0 Å². The van der Waals surface area contributed by atoms with Gasteiger partial charge in [-0.1, -0.05) is 12.1 Å². The van der Waals surface area contributed by atoms with Crippen LogP contribution in [0.25, 0.3) is 0 Å². The summed E-state index contributed by atoms with van der Waals surface area (Å²) in [6.07, 6.45) is -2.21. The molecule has 3 rings (SSSR count). The Balaban J connectivity index is 1.78. The molecule has 0 aliphatic rings. The van der Waals surface area contributed by atoms with Crippen LogP contribution in [0.2, 0.25) is 0 Å². The number of aryl methyl sites for hydroxylation is 1. The number of sulfonamides is 1. The SMILES string of the molecule is Cc1ncc(CO)c(/C=N/NC(=O)c2cccc(S(=O)(=O)Nc3cccc(C(F)(F)F)c3)c2)c1O. The van der Waals surface area contributed by atoms with Crippen molar-refractivity contribution in [3.05, 3.63) is 82.7 Å². The topological polar surface area (TPSA) is 141 Å². The van der Waals surface area contributed by atoms with Gasteiger partial charge in [0.05, 0.1) is 29.0 Å². The standard InChI is InChI=1S/C22H19F3N4O5S/c1-13-20(31)19(15(12-30)10-26-13)11-27-28-21(32)14-4-2-7-18(8-14)35(33,34)29-17-6-3-5-16(9-17)22(23,24)25/h2-11,29-31H,12H2,1H3,(H,28,32)/b27-11+. The number of aromatic hydroxyl groups is 1. The molecule has 3 aromatic rings. The summed E-state index contributed by atoms with van der Waals surface area (Å²) >= 11 is 0. The Kier molecular flexibility index (Phi) is 7.41. The first kappa shape index (κ1) is 25.6. The minimum absolute atomic E-state index is 0.105. The summed E-state index contributed by atoms with van der Waals surface area (Å²) < 4.78 is 66.1. The van der Waals surface area contributed by atoms with Gasteiger partial charge < -0.3 is 10.2 Å². The number of carbonyl (C=O) groups excluding carboxylic acids is 1. The Hall–Kier alpha value is -3.97. The molecule has 0 spiro atoms. The Morgan fingerprint density at radius 2 is 1.89 bits per heavy atom. The number of alkyl halides is 3. The van der Waals surface area contributed by atoms with E-state index in [1.807, 2.05) is 0 Å². The summed E-state index contributed by atoms with van der Waals surface area (Å²) in [6, 6.07) is 8.46. The monoisotopic (exact) mass is 508 g/mol. The van der Waals surface area contributed by atoms with Crippen molar-refractivity contribution in [3.63, 3.8) is 0 Å². The first-order chi connectivity index (χ1) is 16.4. The van der Waals surface area contributed by atoms with Gasteiger partial charge in [0.2, 0.25) is 0 Å². The second-order valence-corrected chi connectivity index (χ2v) is 8.88. The number of aromatic nitrogens is 1. The number of benzene rings is 2. The van der Waals surface area contributed by atoms with E-state index in [-0.39, 0.29) is 38.7 Å². The van der Waals surface area contributed by atoms with Crippen molar-refractivity contribution in [1.29, 1.82) is 0 Å². The molecule has 35 heavy (non-hydrogen) atoms. The summed E-state index contributed by atoms with van der Waals surface area (Å²) in [5, 5.41) is 23.2. The number of hydrogen-bond donors (Lipinski definition) is 4. The van der Waals surface area contributed by atoms with Crippen LogP contribution in [0.3, 0.4) is 0 Å². The van der Waals surface area contributed by atoms with Crippen molar-refractivity contribution in [2.45, 2.75) is 24.6 Å². The predicted octanol–water partition coefficient (Wildman–Crippen LogP) is 3.17. The number of hydrogen-bond acceptors (Lipinski definition) is 7. The van der Waals surface area contributed by atoms with Crippen LogP contribution in [0.5, 0.6) is 5.75 Å². The maximum atomic E-state index is 12.9. The van der Waals surface area contributed by atoms with Crippen LogP contribution in [0.15, 0.2) is 64.7 Å². The zero-order valence-corrected chi connectivity index (χ0v) is 18.9. The van der Waals surface area contributed by atoms with Crippen molar-refractivity contribution in [2.24, 2.45) is 5.10 Å². The van der Waals surface area contributed by atoms with E-state index in [1.54, 1.807) is 0 Å². The number of aliphatic hydroxyl groups excluding tert-OH is 1. The van der Waals surface area contributed by atoms with Crippen LogP contribution < -0.4 is 10.1 Å². The maximum absolute atomic E-state index is 12.9. The lowest BCUT2D eigenvalue weighted by Crippen LogP contribution is -2.19. The zero-order chi connectivity index (χ0) is 25.8. The Bertz CT molecular complexity index is 1390. The Labute approximate surface area is 198 Å². The van der Waals surface area contributed by atoms with Gasteiger partial charge in [0.25, 0.3) is 15.9 Å². The number of amides is 1. The van der Waals surface area contributed by atoms with Gasteiger partial charge >= 0.3 is 6.18 Å². The largest absolute Gasteiger partial charge is 0.505 e. The molecule has 1 amide bonds. The molecule has 13 heteroatoms. The van der Waals surface area contributed by atoms with Crippen LogP contribution in [0, 0.1) is 6.92 Å². The highest BCUT2D eigenvalue weighted by atomic mass is 32.2. The van der Waals surface area contributed by atoms with E-state index in [2.05, 4.69) is 20.2 Å². The molecule has 9 nitrogen and oxygen atoms in total. The molecule has 0 unspecified atom stereocenters. The fraction of sp³-hybridized carbons (Fsp3) is 0.136. The molecule has 2 aromatic carbocycles. The minimum Gasteiger partial charge on any atom is -0.505 e. The summed E-state index contributed by atoms with van der Waals surface area (Å²) in [5.41, 5.74) is 1.43. The van der Waals surface area contributed by atoms with Crippen molar-refractivity contribution in [3.8, 4) is 5.75 Å². The number of nitrogens with one attached hydrogen (secondary N) is 2. The van der Waals surface area contributed by atoms with E-state index in [0.717, 1.165) is 30.5 Å². The molecule has 0 aliphatic heterocycles. The number of halogens is 3. The second kappa shape index (κ2) is 10.1. The smallest absolute Gasteiger partial charge is 0.416 e. The van der Waals surface area contributed by atoms with Gasteiger partial charge in [0.1, 0.15) is 5.75 Å². The molecule has 0 bridgehead atoms. The molecule has 0 aliphatic carbocycles. The molecule has 0 fully saturated rings. The number of aliphatic hydroxyl groups is 1. The number of hydrazone groups is 1. The van der Waals surface area contributed by atoms with Gasteiger partial charge in [0.15, 0.2) is 0 Å². The summed E-state index contributed by atoms with van der Waals surface area (Å²) in [6.45, 7) is 1.10. The van der Waals surface area contributed by atoms with Crippen molar-refractivity contribution in [2.75, 3.05) is 4.72 Å². The lowest BCUT2D eigenvalue weighted by atomic mass is 10.1. The number of carbonyl (C=O) groups is 1. The average molecular weight is 508 g/mol. The van der Waals surface area contributed by atoms with Gasteiger partial charge in [-0.25, -0.2) is 13.8 Å². The number of pyridine rings is 1. The predicted molar refractivity (Wildman–Crippen MR) is 120 cm³/mol. The Morgan fingerprint density at radius 3 is 2.57 bits per heavy atom. The Morgan fingerprint density at radius 1 is 1.17 bits per heavy atom. The minimum atomic E-state index is -4.65. The van der Waals surface area contributed by atoms with Crippen LogP contribution in [0.1, 0.15) is 32.7 Å². The highest BCUT2D eigenvalue weighted by Gasteiger charge is 2.30. The highest BCUT2D eigenvalue weighted by molar-refractivity contribution is 7.92. The van der Waals surface area contributed by atoms with Crippen LogP contribution >= 0.6 is 0 Å². The third-order valence-electron chi connectivity index (χ3n) is 4.74. The van der Waals surface area contributed by atoms with E-state index in [1.165, 1.54) is 31.3 Å². The van der Waals surface area contributed by atoms with E-state index in [4.69, 9.17) is 0 Å². The molecule has 0 saturated carbocycles. The van der Waals surface area contributed by atoms with E-state index in [9.17, 15) is 36.6 Å². The lowest BCUT2D eigenvalue weighted by Gasteiger charge is -2.12. The zero-order valence-electron chi connectivity index (χ0n) is 18.0. The van der Waals surface area contributed by atoms with Crippen LogP contribution in [-0.2, 0) is 22.8 Å². The lowest BCUT2D eigenvalue weighted by molar-refractivity contribution is -0.137. The normalized spacial score (nSPS) is 12.0. The summed E-state index contributed by atoms with van der Waals surface area (Å²) in [4.78, 5) is 16.0. The van der Waals surface area contributed by atoms with Gasteiger partial charge in [0, 0.05) is 28.6 Å². The van der Waals surface area contributed by atoms with Crippen molar-refractivity contribution >= 4 is 27.8 Å². The van der Waals surface area contributed by atoms with Crippen molar-refractivity contribution in [1.82, 2.24) is 10.4 Å². The maximum Gasteiger partial charge on any atom is 0.416 e. The quantitative estimate of drug-likeness (QED) is 0.285. The molecule has 0 saturated heterocycles. The van der Waals surface area contributed by atoms with Crippen molar-refractivity contribution < 1.29 is 36.6 Å². The summed E-state index contributed by atoms with van der Waals surface area (Å²) in [7, 11) is -4.32. The third-order valence-corrected chi connectivity index (χ3v) is 6.12. The number of nitrogens with zero attached hydrogens (tertiary/aromatic N) is 2. The molecule has 0 atom stereocenters. The fourth-order valence-electron chi connectivity index (χ4n) is 2.92.